The van der Waals surface area contributed by atoms with Gasteiger partial charge in [-0.15, -0.1) is 0 Å². The van der Waals surface area contributed by atoms with Crippen molar-refractivity contribution in [3.05, 3.63) is 24.2 Å². The molecular formula is C14H22N2O. The molecule has 0 atom stereocenters. The van der Waals surface area contributed by atoms with E-state index in [-0.39, 0.29) is 0 Å². The zero-order valence-corrected chi connectivity index (χ0v) is 10.4. The second-order valence-corrected chi connectivity index (χ2v) is 5.36. The van der Waals surface area contributed by atoms with Crippen molar-refractivity contribution < 1.29 is 4.42 Å². The summed E-state index contributed by atoms with van der Waals surface area (Å²) in [5.41, 5.74) is 0. The molecule has 0 saturated heterocycles. The van der Waals surface area contributed by atoms with Crippen LogP contribution in [0.25, 0.3) is 0 Å². The summed E-state index contributed by atoms with van der Waals surface area (Å²) < 4.78 is 5.44. The molecule has 0 radical (unpaired) electrons. The quantitative estimate of drug-likeness (QED) is 0.700. The van der Waals surface area contributed by atoms with Crippen LogP contribution in [0.1, 0.15) is 37.9 Å². The van der Waals surface area contributed by atoms with Gasteiger partial charge in [-0.25, -0.2) is 0 Å². The molecule has 2 fully saturated rings. The zero-order valence-electron chi connectivity index (χ0n) is 10.4. The van der Waals surface area contributed by atoms with Crippen molar-refractivity contribution in [2.45, 2.75) is 50.7 Å². The lowest BCUT2D eigenvalue weighted by atomic mass is 10.3. The number of nitrogens with one attached hydrogen (secondary N) is 1. The highest BCUT2D eigenvalue weighted by Crippen LogP contribution is 2.28. The Morgan fingerprint density at radius 2 is 2.18 bits per heavy atom. The fourth-order valence-electron chi connectivity index (χ4n) is 2.31. The molecule has 1 aromatic heterocycles. The summed E-state index contributed by atoms with van der Waals surface area (Å²) in [6, 6.07) is 5.72. The molecule has 1 aromatic rings. The van der Waals surface area contributed by atoms with Crippen molar-refractivity contribution in [3.63, 3.8) is 0 Å². The number of hydrogen-bond acceptors (Lipinski definition) is 3. The van der Waals surface area contributed by atoms with Gasteiger partial charge in [-0.2, -0.15) is 0 Å². The van der Waals surface area contributed by atoms with Gasteiger partial charge in [0.05, 0.1) is 12.8 Å². The fraction of sp³-hybridized carbons (Fsp3) is 0.714. The molecule has 17 heavy (non-hydrogen) atoms. The summed E-state index contributed by atoms with van der Waals surface area (Å²) in [7, 11) is 0. The van der Waals surface area contributed by atoms with E-state index in [9.17, 15) is 0 Å². The van der Waals surface area contributed by atoms with Crippen molar-refractivity contribution in [2.75, 3.05) is 13.1 Å². The third-order valence-corrected chi connectivity index (χ3v) is 3.63. The Bertz CT molecular complexity index is 328. The third kappa shape index (κ3) is 3.58. The lowest BCUT2D eigenvalue weighted by molar-refractivity contribution is 0.230. The van der Waals surface area contributed by atoms with Crippen molar-refractivity contribution in [1.29, 1.82) is 0 Å². The van der Waals surface area contributed by atoms with E-state index in [1.54, 1.807) is 6.26 Å². The Kier molecular flexibility index (Phi) is 3.48. The van der Waals surface area contributed by atoms with Crippen molar-refractivity contribution in [1.82, 2.24) is 10.2 Å². The van der Waals surface area contributed by atoms with Gasteiger partial charge in [0.2, 0.25) is 0 Å². The van der Waals surface area contributed by atoms with E-state index in [0.29, 0.717) is 0 Å². The van der Waals surface area contributed by atoms with Gasteiger partial charge < -0.3 is 9.73 Å². The number of nitrogens with zero attached hydrogens (tertiary/aromatic N) is 1. The van der Waals surface area contributed by atoms with Gasteiger partial charge in [0, 0.05) is 18.6 Å². The van der Waals surface area contributed by atoms with E-state index in [1.165, 1.54) is 45.2 Å². The number of rotatable bonds is 8. The molecule has 3 heteroatoms. The maximum atomic E-state index is 5.44. The predicted octanol–water partition coefficient (Wildman–Crippen LogP) is 2.39. The molecule has 0 aromatic carbocycles. The second-order valence-electron chi connectivity index (χ2n) is 5.36. The molecule has 3 nitrogen and oxygen atoms in total. The first-order valence-corrected chi connectivity index (χ1v) is 6.91. The monoisotopic (exact) mass is 234 g/mol. The Morgan fingerprint density at radius 1 is 1.29 bits per heavy atom. The van der Waals surface area contributed by atoms with Crippen molar-refractivity contribution in [3.8, 4) is 0 Å². The summed E-state index contributed by atoms with van der Waals surface area (Å²) in [6.45, 7) is 3.36. The molecule has 3 rings (SSSR count). The fourth-order valence-corrected chi connectivity index (χ4v) is 2.31. The van der Waals surface area contributed by atoms with E-state index < -0.39 is 0 Å². The Morgan fingerprint density at radius 3 is 2.82 bits per heavy atom. The first kappa shape index (κ1) is 11.3. The molecule has 2 saturated carbocycles. The standard InChI is InChI=1S/C14H22N2O/c1-3-14(17-10-1)11-16(13-6-7-13)9-2-8-15-12-4-5-12/h1,3,10,12-13,15H,2,4-9,11H2. The van der Waals surface area contributed by atoms with Crippen LogP contribution in [0.15, 0.2) is 22.8 Å². The van der Waals surface area contributed by atoms with E-state index in [4.69, 9.17) is 4.42 Å². The van der Waals surface area contributed by atoms with Gasteiger partial charge in [-0.3, -0.25) is 4.90 Å². The summed E-state index contributed by atoms with van der Waals surface area (Å²) >= 11 is 0. The summed E-state index contributed by atoms with van der Waals surface area (Å²) in [5, 5.41) is 3.58. The Balaban J connectivity index is 1.39. The summed E-state index contributed by atoms with van der Waals surface area (Å²) in [5.74, 6) is 1.10. The van der Waals surface area contributed by atoms with Crippen LogP contribution in [0, 0.1) is 0 Å². The van der Waals surface area contributed by atoms with Gasteiger partial charge in [0.15, 0.2) is 0 Å². The minimum atomic E-state index is 0.820. The predicted molar refractivity (Wildman–Crippen MR) is 67.8 cm³/mol. The Labute approximate surface area is 103 Å². The molecule has 1 heterocycles. The minimum Gasteiger partial charge on any atom is -0.468 e. The highest BCUT2D eigenvalue weighted by atomic mass is 16.3. The highest BCUT2D eigenvalue weighted by molar-refractivity contribution is 4.99. The summed E-state index contributed by atoms with van der Waals surface area (Å²) in [6.07, 6.45) is 8.55. The average molecular weight is 234 g/mol. The van der Waals surface area contributed by atoms with Gasteiger partial charge in [-0.05, 0) is 50.8 Å². The van der Waals surface area contributed by atoms with E-state index in [0.717, 1.165) is 24.4 Å². The van der Waals surface area contributed by atoms with Gasteiger partial charge in [-0.1, -0.05) is 0 Å². The van der Waals surface area contributed by atoms with Crippen LogP contribution in [-0.4, -0.2) is 30.1 Å². The molecule has 94 valence electrons. The zero-order chi connectivity index (χ0) is 11.5. The maximum absolute atomic E-state index is 5.44. The first-order chi connectivity index (χ1) is 8.42. The second kappa shape index (κ2) is 5.23. The normalized spacial score (nSPS) is 20.1. The van der Waals surface area contributed by atoms with Crippen LogP contribution in [0.2, 0.25) is 0 Å². The van der Waals surface area contributed by atoms with Crippen LogP contribution in [0.3, 0.4) is 0 Å². The third-order valence-electron chi connectivity index (χ3n) is 3.63. The Hall–Kier alpha value is -0.800. The van der Waals surface area contributed by atoms with Gasteiger partial charge in [0.25, 0.3) is 0 Å². The van der Waals surface area contributed by atoms with E-state index in [1.807, 2.05) is 6.07 Å². The number of hydrogen-bond donors (Lipinski definition) is 1. The van der Waals surface area contributed by atoms with Gasteiger partial charge in [0.1, 0.15) is 5.76 Å². The molecule has 0 amide bonds. The highest BCUT2D eigenvalue weighted by Gasteiger charge is 2.29. The molecule has 1 N–H and O–H groups in total. The largest absolute Gasteiger partial charge is 0.468 e. The lowest BCUT2D eigenvalue weighted by Gasteiger charge is -2.20. The molecule has 0 unspecified atom stereocenters. The summed E-state index contributed by atoms with van der Waals surface area (Å²) in [4.78, 5) is 2.58. The van der Waals surface area contributed by atoms with Crippen LogP contribution in [0.5, 0.6) is 0 Å². The molecule has 0 bridgehead atoms. The van der Waals surface area contributed by atoms with Crippen LogP contribution in [-0.2, 0) is 6.54 Å². The molecule has 2 aliphatic rings. The minimum absolute atomic E-state index is 0.820. The topological polar surface area (TPSA) is 28.4 Å². The lowest BCUT2D eigenvalue weighted by Crippen LogP contribution is -2.29. The number of furan rings is 1. The van der Waals surface area contributed by atoms with Crippen LogP contribution in [0.4, 0.5) is 0 Å². The SMILES string of the molecule is c1coc(CN(CCCNC2CC2)C2CC2)c1. The smallest absolute Gasteiger partial charge is 0.117 e. The molecule has 0 aliphatic heterocycles. The average Bonchev–Trinajstić information content (AvgIpc) is 3.24. The van der Waals surface area contributed by atoms with E-state index >= 15 is 0 Å². The first-order valence-electron chi connectivity index (χ1n) is 6.91. The van der Waals surface area contributed by atoms with Crippen LogP contribution < -0.4 is 5.32 Å². The van der Waals surface area contributed by atoms with Crippen molar-refractivity contribution >= 4 is 0 Å². The maximum Gasteiger partial charge on any atom is 0.117 e. The molecule has 0 spiro atoms. The van der Waals surface area contributed by atoms with Crippen LogP contribution >= 0.6 is 0 Å². The van der Waals surface area contributed by atoms with E-state index in [2.05, 4.69) is 16.3 Å². The van der Waals surface area contributed by atoms with Crippen molar-refractivity contribution in [2.24, 2.45) is 0 Å². The molecule has 2 aliphatic carbocycles. The molecular weight excluding hydrogens is 212 g/mol. The van der Waals surface area contributed by atoms with Gasteiger partial charge >= 0.3 is 0 Å².